The number of rotatable bonds is 5. The van der Waals surface area contributed by atoms with E-state index in [4.69, 9.17) is 5.11 Å². The fourth-order valence-corrected chi connectivity index (χ4v) is 5.05. The SMILES string of the molecule is O=C(O)C(=O)Nc1sc2c(c1C(=O)O)CCNC2CNC(=O)c1ccc2ccccc2c1. The number of carbonyl (C=O) groups is 4. The first kappa shape index (κ1) is 21.5. The van der Waals surface area contributed by atoms with Gasteiger partial charge in [0.1, 0.15) is 5.00 Å². The average Bonchev–Trinajstić information content (AvgIpc) is 3.15. The van der Waals surface area contributed by atoms with E-state index in [9.17, 15) is 24.3 Å². The Bertz CT molecular complexity index is 1250. The number of hydrogen-bond donors (Lipinski definition) is 5. The van der Waals surface area contributed by atoms with Crippen LogP contribution in [0.2, 0.25) is 0 Å². The van der Waals surface area contributed by atoms with Crippen molar-refractivity contribution in [2.45, 2.75) is 12.5 Å². The Hall–Kier alpha value is -3.76. The standard InChI is InChI=1S/C22H19N3O6S/c26-18(13-6-5-11-3-1-2-4-12(11)9-13)24-10-15-17-14(7-8-23-15)16(21(28)29)20(32-17)25-19(27)22(30)31/h1-6,9,15,23H,7-8,10H2,(H,24,26)(H,25,27)(H,28,29)(H,30,31). The molecule has 2 heterocycles. The first-order valence-electron chi connectivity index (χ1n) is 9.78. The molecular weight excluding hydrogens is 434 g/mol. The third kappa shape index (κ3) is 4.18. The zero-order chi connectivity index (χ0) is 22.8. The summed E-state index contributed by atoms with van der Waals surface area (Å²) in [5, 5.41) is 28.7. The maximum absolute atomic E-state index is 12.7. The number of nitrogens with one attached hydrogen (secondary N) is 3. The summed E-state index contributed by atoms with van der Waals surface area (Å²) < 4.78 is 0. The van der Waals surface area contributed by atoms with Gasteiger partial charge in [-0.2, -0.15) is 0 Å². The lowest BCUT2D eigenvalue weighted by molar-refractivity contribution is -0.147. The topological polar surface area (TPSA) is 145 Å². The zero-order valence-corrected chi connectivity index (χ0v) is 17.5. The minimum Gasteiger partial charge on any atom is -0.478 e. The summed E-state index contributed by atoms with van der Waals surface area (Å²) in [6.45, 7) is 0.678. The van der Waals surface area contributed by atoms with Gasteiger partial charge >= 0.3 is 17.8 Å². The number of aromatic carboxylic acids is 1. The minimum atomic E-state index is -1.70. The van der Waals surface area contributed by atoms with Gasteiger partial charge < -0.3 is 26.2 Å². The molecule has 4 rings (SSSR count). The van der Waals surface area contributed by atoms with Crippen molar-refractivity contribution in [2.75, 3.05) is 18.4 Å². The van der Waals surface area contributed by atoms with Gasteiger partial charge in [-0.1, -0.05) is 30.3 Å². The van der Waals surface area contributed by atoms with Crippen LogP contribution in [0, 0.1) is 0 Å². The Labute approximate surface area is 186 Å². The normalized spacial score (nSPS) is 15.1. The number of aliphatic carboxylic acids is 1. The van der Waals surface area contributed by atoms with E-state index < -0.39 is 17.8 Å². The number of anilines is 1. The molecule has 0 radical (unpaired) electrons. The number of benzene rings is 2. The lowest BCUT2D eigenvalue weighted by atomic mass is 9.99. The lowest BCUT2D eigenvalue weighted by Gasteiger charge is -2.24. The fourth-order valence-electron chi connectivity index (χ4n) is 3.74. The maximum Gasteiger partial charge on any atom is 0.394 e. The summed E-state index contributed by atoms with van der Waals surface area (Å²) in [4.78, 5) is 47.6. The summed E-state index contributed by atoms with van der Waals surface area (Å²) in [5.41, 5.74) is 0.936. The number of amides is 2. The molecule has 9 nitrogen and oxygen atoms in total. The molecule has 1 aliphatic rings. The summed E-state index contributed by atoms with van der Waals surface area (Å²) in [7, 11) is 0. The second kappa shape index (κ2) is 8.77. The van der Waals surface area contributed by atoms with Crippen LogP contribution in [0.1, 0.15) is 37.2 Å². The van der Waals surface area contributed by atoms with E-state index in [2.05, 4.69) is 16.0 Å². The lowest BCUT2D eigenvalue weighted by Crippen LogP contribution is -2.38. The molecule has 32 heavy (non-hydrogen) atoms. The van der Waals surface area contributed by atoms with E-state index in [1.54, 1.807) is 12.1 Å². The number of hydrogen-bond acceptors (Lipinski definition) is 6. The number of carboxylic acids is 2. The Morgan fingerprint density at radius 2 is 1.81 bits per heavy atom. The monoisotopic (exact) mass is 453 g/mol. The van der Waals surface area contributed by atoms with Crippen molar-refractivity contribution >= 4 is 50.9 Å². The van der Waals surface area contributed by atoms with Gasteiger partial charge in [0, 0.05) is 17.0 Å². The molecule has 1 unspecified atom stereocenters. The van der Waals surface area contributed by atoms with Gasteiger partial charge in [0.2, 0.25) is 0 Å². The van der Waals surface area contributed by atoms with Gasteiger partial charge in [-0.3, -0.25) is 9.59 Å². The highest BCUT2D eigenvalue weighted by Crippen LogP contribution is 2.39. The highest BCUT2D eigenvalue weighted by atomic mass is 32.1. The quantitative estimate of drug-likeness (QED) is 0.373. The van der Waals surface area contributed by atoms with Crippen LogP contribution in [0.15, 0.2) is 42.5 Å². The maximum atomic E-state index is 12.7. The predicted octanol–water partition coefficient (Wildman–Crippen LogP) is 2.24. The highest BCUT2D eigenvalue weighted by Gasteiger charge is 2.31. The smallest absolute Gasteiger partial charge is 0.394 e. The third-order valence-corrected chi connectivity index (χ3v) is 6.50. The molecule has 1 aromatic heterocycles. The van der Waals surface area contributed by atoms with E-state index in [1.165, 1.54) is 0 Å². The third-order valence-electron chi connectivity index (χ3n) is 5.23. The van der Waals surface area contributed by atoms with Crippen molar-refractivity contribution in [1.29, 1.82) is 0 Å². The van der Waals surface area contributed by atoms with Crippen molar-refractivity contribution in [3.63, 3.8) is 0 Å². The molecule has 0 bridgehead atoms. The number of carboxylic acid groups (broad SMARTS) is 2. The van der Waals surface area contributed by atoms with Gasteiger partial charge in [0.15, 0.2) is 0 Å². The van der Waals surface area contributed by atoms with Gasteiger partial charge in [-0.05, 0) is 41.4 Å². The molecule has 2 aromatic carbocycles. The van der Waals surface area contributed by atoms with Crippen molar-refractivity contribution in [1.82, 2.24) is 10.6 Å². The molecule has 0 aliphatic carbocycles. The summed E-state index contributed by atoms with van der Waals surface area (Å²) in [6, 6.07) is 12.7. The van der Waals surface area contributed by atoms with Crippen LogP contribution in [0.3, 0.4) is 0 Å². The molecule has 0 fully saturated rings. The molecule has 1 atom stereocenters. The van der Waals surface area contributed by atoms with Crippen LogP contribution in [0.5, 0.6) is 0 Å². The highest BCUT2D eigenvalue weighted by molar-refractivity contribution is 7.17. The Balaban J connectivity index is 1.54. The van der Waals surface area contributed by atoms with Crippen LogP contribution < -0.4 is 16.0 Å². The predicted molar refractivity (Wildman–Crippen MR) is 118 cm³/mol. The second-order valence-electron chi connectivity index (χ2n) is 7.24. The van der Waals surface area contributed by atoms with Gasteiger partial charge in [0.05, 0.1) is 11.6 Å². The van der Waals surface area contributed by atoms with Gasteiger partial charge in [0.25, 0.3) is 5.91 Å². The minimum absolute atomic E-state index is 0.0237. The van der Waals surface area contributed by atoms with Crippen molar-refractivity contribution < 1.29 is 29.4 Å². The van der Waals surface area contributed by atoms with Crippen LogP contribution in [0.4, 0.5) is 5.00 Å². The van der Waals surface area contributed by atoms with E-state index in [-0.39, 0.29) is 29.1 Å². The fraction of sp³-hybridized carbons (Fsp3) is 0.182. The molecular formula is C22H19N3O6S. The van der Waals surface area contributed by atoms with Crippen molar-refractivity contribution in [2.24, 2.45) is 0 Å². The Kier molecular flexibility index (Phi) is 5.89. The summed E-state index contributed by atoms with van der Waals surface area (Å²) >= 11 is 1.00. The zero-order valence-electron chi connectivity index (χ0n) is 16.7. The van der Waals surface area contributed by atoms with Crippen LogP contribution in [0.25, 0.3) is 10.8 Å². The van der Waals surface area contributed by atoms with E-state index >= 15 is 0 Å². The molecule has 5 N–H and O–H groups in total. The van der Waals surface area contributed by atoms with E-state index in [1.807, 2.05) is 30.3 Å². The molecule has 10 heteroatoms. The molecule has 2 amide bonds. The van der Waals surface area contributed by atoms with Crippen LogP contribution in [-0.2, 0) is 16.0 Å². The van der Waals surface area contributed by atoms with E-state index in [0.717, 1.165) is 22.1 Å². The van der Waals surface area contributed by atoms with E-state index in [0.29, 0.717) is 29.0 Å². The largest absolute Gasteiger partial charge is 0.478 e. The Morgan fingerprint density at radius 1 is 1.06 bits per heavy atom. The van der Waals surface area contributed by atoms with Gasteiger partial charge in [-0.15, -0.1) is 11.3 Å². The summed E-state index contributed by atoms with van der Waals surface area (Å²) in [5.74, 6) is -4.52. The number of carbonyl (C=O) groups excluding carboxylic acids is 2. The van der Waals surface area contributed by atoms with Crippen LogP contribution >= 0.6 is 11.3 Å². The van der Waals surface area contributed by atoms with Crippen LogP contribution in [-0.4, -0.2) is 47.1 Å². The van der Waals surface area contributed by atoms with Crippen molar-refractivity contribution in [3.05, 3.63) is 64.0 Å². The molecule has 0 saturated heterocycles. The second-order valence-corrected chi connectivity index (χ2v) is 8.29. The first-order valence-corrected chi connectivity index (χ1v) is 10.6. The molecule has 3 aromatic rings. The molecule has 0 spiro atoms. The summed E-state index contributed by atoms with van der Waals surface area (Å²) in [6.07, 6.45) is 0.408. The van der Waals surface area contributed by atoms with Gasteiger partial charge in [-0.25, -0.2) is 9.59 Å². The number of thiophene rings is 1. The molecule has 164 valence electrons. The Morgan fingerprint density at radius 3 is 2.53 bits per heavy atom. The average molecular weight is 453 g/mol. The van der Waals surface area contributed by atoms with Crippen molar-refractivity contribution in [3.8, 4) is 0 Å². The number of fused-ring (bicyclic) bond motifs is 2. The molecule has 1 aliphatic heterocycles. The first-order chi connectivity index (χ1) is 15.3. The molecule has 0 saturated carbocycles.